The van der Waals surface area contributed by atoms with Crippen molar-refractivity contribution in [1.29, 1.82) is 0 Å². The average Bonchev–Trinajstić information content (AvgIpc) is 3.07. The molecule has 3 rings (SSSR count). The number of ether oxygens (including phenoxy) is 2. The van der Waals surface area contributed by atoms with Crippen molar-refractivity contribution in [2.45, 2.75) is 6.92 Å². The van der Waals surface area contributed by atoms with Gasteiger partial charge in [-0.15, -0.1) is 0 Å². The fourth-order valence-corrected chi connectivity index (χ4v) is 3.47. The number of nitrogens with one attached hydrogen (secondary N) is 1. The van der Waals surface area contributed by atoms with E-state index in [0.717, 1.165) is 14.7 Å². The molecule has 0 aliphatic carbocycles. The molecule has 0 fully saturated rings. The lowest BCUT2D eigenvalue weighted by Crippen LogP contribution is -2.02. The van der Waals surface area contributed by atoms with Gasteiger partial charge in [0.05, 0.1) is 16.4 Å². The van der Waals surface area contributed by atoms with Crippen molar-refractivity contribution < 1.29 is 9.47 Å². The van der Waals surface area contributed by atoms with Gasteiger partial charge in [0.15, 0.2) is 17.3 Å². The topological polar surface area (TPSA) is 64.4 Å². The van der Waals surface area contributed by atoms with Crippen molar-refractivity contribution in [3.8, 4) is 22.9 Å². The van der Waals surface area contributed by atoms with Crippen molar-refractivity contribution in [2.24, 2.45) is 5.10 Å². The number of benzene rings is 2. The Morgan fingerprint density at radius 3 is 2.79 bits per heavy atom. The molecule has 0 radical (unpaired) electrons. The molecular weight excluding hydrogens is 487 g/mol. The third kappa shape index (κ3) is 4.68. The highest BCUT2D eigenvalue weighted by molar-refractivity contribution is 14.1. The van der Waals surface area contributed by atoms with E-state index in [0.29, 0.717) is 35.3 Å². The van der Waals surface area contributed by atoms with Crippen LogP contribution in [0.15, 0.2) is 60.2 Å². The first-order chi connectivity index (χ1) is 13.6. The maximum absolute atomic E-state index is 5.74. The van der Waals surface area contributed by atoms with Crippen LogP contribution in [-0.2, 0) is 0 Å². The van der Waals surface area contributed by atoms with Crippen LogP contribution in [0.4, 0.5) is 0 Å². The standard InChI is InChI=1S/C20H19IN4O2S/c1-3-10-27-18-16(21)11-14(12-17(18)26-4-2)13-22-25-19(23-24-20(25)28)15-8-6-5-7-9-15/h3,5-9,11-13H,1,4,10H2,2H3,(H,24,28)/b22-13-. The third-order valence-corrected chi connectivity index (χ3v) is 4.75. The molecule has 144 valence electrons. The summed E-state index contributed by atoms with van der Waals surface area (Å²) in [5.41, 5.74) is 1.78. The first-order valence-electron chi connectivity index (χ1n) is 8.61. The lowest BCUT2D eigenvalue weighted by atomic mass is 10.2. The molecule has 0 aliphatic rings. The predicted octanol–water partition coefficient (Wildman–Crippen LogP) is 5.06. The van der Waals surface area contributed by atoms with Gasteiger partial charge in [-0.2, -0.15) is 14.9 Å². The maximum Gasteiger partial charge on any atom is 0.216 e. The molecule has 6 nitrogen and oxygen atoms in total. The van der Waals surface area contributed by atoms with Crippen LogP contribution in [0.1, 0.15) is 12.5 Å². The van der Waals surface area contributed by atoms with E-state index in [9.17, 15) is 0 Å². The number of aromatic amines is 1. The molecule has 1 aromatic heterocycles. The summed E-state index contributed by atoms with van der Waals surface area (Å²) in [5.74, 6) is 2.01. The second-order valence-electron chi connectivity index (χ2n) is 5.64. The lowest BCUT2D eigenvalue weighted by Gasteiger charge is -2.13. The van der Waals surface area contributed by atoms with Gasteiger partial charge in [0.25, 0.3) is 0 Å². The normalized spacial score (nSPS) is 10.9. The molecule has 1 N–H and O–H groups in total. The summed E-state index contributed by atoms with van der Waals surface area (Å²) < 4.78 is 14.4. The van der Waals surface area contributed by atoms with Gasteiger partial charge in [0, 0.05) is 5.56 Å². The highest BCUT2D eigenvalue weighted by Crippen LogP contribution is 2.34. The predicted molar refractivity (Wildman–Crippen MR) is 122 cm³/mol. The van der Waals surface area contributed by atoms with E-state index in [-0.39, 0.29) is 0 Å². The second kappa shape index (κ2) is 9.65. The maximum atomic E-state index is 5.74. The Kier molecular flexibility index (Phi) is 6.99. The van der Waals surface area contributed by atoms with Gasteiger partial charge >= 0.3 is 0 Å². The van der Waals surface area contributed by atoms with Gasteiger partial charge < -0.3 is 9.47 Å². The van der Waals surface area contributed by atoms with E-state index in [1.54, 1.807) is 17.0 Å². The van der Waals surface area contributed by atoms with Crippen molar-refractivity contribution in [3.05, 3.63) is 69.0 Å². The minimum absolute atomic E-state index is 0.411. The van der Waals surface area contributed by atoms with Crippen LogP contribution >= 0.6 is 34.8 Å². The molecule has 2 aromatic carbocycles. The van der Waals surface area contributed by atoms with Crippen LogP contribution in [0.2, 0.25) is 0 Å². The Balaban J connectivity index is 1.96. The molecule has 0 bridgehead atoms. The van der Waals surface area contributed by atoms with E-state index >= 15 is 0 Å². The van der Waals surface area contributed by atoms with Crippen LogP contribution < -0.4 is 9.47 Å². The average molecular weight is 506 g/mol. The molecule has 0 aliphatic heterocycles. The summed E-state index contributed by atoms with van der Waals surface area (Å²) in [6, 6.07) is 13.6. The van der Waals surface area contributed by atoms with Crippen molar-refractivity contribution in [3.63, 3.8) is 0 Å². The van der Waals surface area contributed by atoms with E-state index in [1.807, 2.05) is 49.4 Å². The highest BCUT2D eigenvalue weighted by Gasteiger charge is 2.12. The minimum atomic E-state index is 0.411. The number of aromatic nitrogens is 3. The monoisotopic (exact) mass is 506 g/mol. The van der Waals surface area contributed by atoms with Crippen molar-refractivity contribution in [2.75, 3.05) is 13.2 Å². The minimum Gasteiger partial charge on any atom is -0.490 e. The molecule has 0 saturated heterocycles. The molecule has 0 spiro atoms. The zero-order chi connectivity index (χ0) is 19.9. The zero-order valence-corrected chi connectivity index (χ0v) is 18.2. The number of nitrogens with zero attached hydrogens (tertiary/aromatic N) is 3. The van der Waals surface area contributed by atoms with Crippen LogP contribution in [-0.4, -0.2) is 34.3 Å². The number of hydrogen-bond acceptors (Lipinski definition) is 5. The Bertz CT molecular complexity index is 1040. The van der Waals surface area contributed by atoms with E-state index in [1.165, 1.54) is 0 Å². The van der Waals surface area contributed by atoms with E-state index in [4.69, 9.17) is 21.7 Å². The summed E-state index contributed by atoms with van der Waals surface area (Å²) in [6.07, 6.45) is 3.42. The Labute approximate surface area is 182 Å². The Morgan fingerprint density at radius 2 is 2.07 bits per heavy atom. The Morgan fingerprint density at radius 1 is 1.29 bits per heavy atom. The van der Waals surface area contributed by atoms with Gasteiger partial charge in [-0.3, -0.25) is 0 Å². The molecule has 28 heavy (non-hydrogen) atoms. The highest BCUT2D eigenvalue weighted by atomic mass is 127. The summed E-state index contributed by atoms with van der Waals surface area (Å²) in [5, 5.41) is 11.6. The molecular formula is C20H19IN4O2S. The molecule has 0 atom stereocenters. The van der Waals surface area contributed by atoms with Gasteiger partial charge in [-0.05, 0) is 59.4 Å². The fourth-order valence-electron chi connectivity index (χ4n) is 2.51. The van der Waals surface area contributed by atoms with Crippen molar-refractivity contribution >= 4 is 41.0 Å². The quantitative estimate of drug-likeness (QED) is 0.201. The van der Waals surface area contributed by atoms with E-state index < -0.39 is 0 Å². The van der Waals surface area contributed by atoms with E-state index in [2.05, 4.69) is 44.5 Å². The SMILES string of the molecule is C=CCOc1c(I)cc(/C=N\n2c(-c3ccccc3)n[nH]c2=S)cc1OCC. The summed E-state index contributed by atoms with van der Waals surface area (Å²) in [7, 11) is 0. The second-order valence-corrected chi connectivity index (χ2v) is 7.19. The number of hydrogen-bond donors (Lipinski definition) is 1. The van der Waals surface area contributed by atoms with Crippen LogP contribution in [0, 0.1) is 8.34 Å². The first-order valence-corrected chi connectivity index (χ1v) is 10.1. The number of rotatable bonds is 8. The van der Waals surface area contributed by atoms with Crippen LogP contribution in [0.25, 0.3) is 11.4 Å². The number of halogens is 1. The molecule has 8 heteroatoms. The largest absolute Gasteiger partial charge is 0.490 e. The van der Waals surface area contributed by atoms with Gasteiger partial charge in [0.1, 0.15) is 6.61 Å². The summed E-state index contributed by atoms with van der Waals surface area (Å²) in [6.45, 7) is 6.56. The summed E-state index contributed by atoms with van der Waals surface area (Å²) in [4.78, 5) is 0. The Hall–Kier alpha value is -2.46. The molecule has 0 saturated carbocycles. The summed E-state index contributed by atoms with van der Waals surface area (Å²) >= 11 is 7.55. The molecule has 0 unspecified atom stereocenters. The van der Waals surface area contributed by atoms with Crippen LogP contribution in [0.5, 0.6) is 11.5 Å². The molecule has 1 heterocycles. The third-order valence-electron chi connectivity index (χ3n) is 3.68. The smallest absolute Gasteiger partial charge is 0.216 e. The van der Waals surface area contributed by atoms with Crippen molar-refractivity contribution in [1.82, 2.24) is 14.9 Å². The number of H-pyrrole nitrogens is 1. The fraction of sp³-hybridized carbons (Fsp3) is 0.150. The molecule has 3 aromatic rings. The van der Waals surface area contributed by atoms with Gasteiger partial charge in [-0.1, -0.05) is 43.0 Å². The molecule has 0 amide bonds. The van der Waals surface area contributed by atoms with Gasteiger partial charge in [0.2, 0.25) is 4.77 Å². The lowest BCUT2D eigenvalue weighted by molar-refractivity contribution is 0.295. The van der Waals surface area contributed by atoms with Crippen LogP contribution in [0.3, 0.4) is 0 Å². The van der Waals surface area contributed by atoms with Gasteiger partial charge in [-0.25, -0.2) is 5.10 Å². The zero-order valence-electron chi connectivity index (χ0n) is 15.3. The first kappa shape index (κ1) is 20.3.